The molecule has 0 radical (unpaired) electrons. The Kier molecular flexibility index (Phi) is 6.72. The third-order valence-corrected chi connectivity index (χ3v) is 8.15. The first-order valence-electron chi connectivity index (χ1n) is 12.8. The van der Waals surface area contributed by atoms with Crippen LogP contribution in [0.5, 0.6) is 0 Å². The molecule has 1 aliphatic carbocycles. The predicted octanol–water partition coefficient (Wildman–Crippen LogP) is 2.50. The summed E-state index contributed by atoms with van der Waals surface area (Å²) in [6, 6.07) is 6.78. The second-order valence-corrected chi connectivity index (χ2v) is 10.4. The van der Waals surface area contributed by atoms with Gasteiger partial charge in [0.15, 0.2) is 0 Å². The highest BCUT2D eigenvalue weighted by molar-refractivity contribution is 5.98. The van der Waals surface area contributed by atoms with E-state index in [0.29, 0.717) is 43.5 Å². The molecule has 3 N–H and O–H groups in total. The second-order valence-electron chi connectivity index (χ2n) is 10.4. The molecule has 5 rings (SSSR count). The van der Waals surface area contributed by atoms with Crippen LogP contribution < -0.4 is 10.6 Å². The van der Waals surface area contributed by atoms with Gasteiger partial charge in [0.2, 0.25) is 5.91 Å². The largest absolute Gasteiger partial charge is 0.377 e. The molecule has 0 bridgehead atoms. The van der Waals surface area contributed by atoms with Gasteiger partial charge >= 0.3 is 0 Å². The maximum absolute atomic E-state index is 13.0. The maximum atomic E-state index is 13.0. The van der Waals surface area contributed by atoms with E-state index in [1.54, 1.807) is 4.90 Å². The number of ether oxygens (including phenoxy) is 1. The van der Waals surface area contributed by atoms with Gasteiger partial charge in [-0.1, -0.05) is 25.0 Å². The minimum Gasteiger partial charge on any atom is -0.377 e. The van der Waals surface area contributed by atoms with Crippen LogP contribution in [0.15, 0.2) is 18.2 Å². The van der Waals surface area contributed by atoms with Crippen molar-refractivity contribution >= 4 is 11.8 Å². The van der Waals surface area contributed by atoms with Crippen molar-refractivity contribution in [2.75, 3.05) is 6.61 Å². The second kappa shape index (κ2) is 9.72. The fraction of sp³-hybridized carbons (Fsp3) is 0.692. The van der Waals surface area contributed by atoms with Crippen molar-refractivity contribution < 1.29 is 19.4 Å². The van der Waals surface area contributed by atoms with Crippen LogP contribution in [0.1, 0.15) is 79.8 Å². The summed E-state index contributed by atoms with van der Waals surface area (Å²) in [5, 5.41) is 16.8. The van der Waals surface area contributed by atoms with Crippen LogP contribution in [0, 0.1) is 5.92 Å². The molecule has 3 heterocycles. The minimum atomic E-state index is -0.996. The van der Waals surface area contributed by atoms with E-state index in [-0.39, 0.29) is 17.9 Å². The van der Waals surface area contributed by atoms with Gasteiger partial charge in [0.1, 0.15) is 6.23 Å². The Labute approximate surface area is 196 Å². The van der Waals surface area contributed by atoms with E-state index >= 15 is 0 Å². The van der Waals surface area contributed by atoms with Gasteiger partial charge < -0.3 is 25.4 Å². The number of aliphatic hydroxyl groups is 1. The van der Waals surface area contributed by atoms with Crippen LogP contribution >= 0.6 is 0 Å². The average Bonchev–Trinajstić information content (AvgIpc) is 3.44. The number of nitrogens with zero attached hydrogens (tertiary/aromatic N) is 1. The molecular formula is C26H37N3O4. The summed E-state index contributed by atoms with van der Waals surface area (Å²) in [5.41, 5.74) is 3.05. The van der Waals surface area contributed by atoms with Crippen molar-refractivity contribution in [3.05, 3.63) is 34.9 Å². The van der Waals surface area contributed by atoms with Crippen molar-refractivity contribution in [1.82, 2.24) is 15.5 Å². The van der Waals surface area contributed by atoms with E-state index in [2.05, 4.69) is 29.7 Å². The number of rotatable bonds is 6. The number of aliphatic hydroxyl groups excluding tert-OH is 1. The first-order chi connectivity index (χ1) is 16.0. The number of hydrogen-bond donors (Lipinski definition) is 3. The number of amides is 2. The standard InChI is InChI=1S/C26H37N3O4/c1-16(23-7-4-12-33-23)27-21-6-3-2-5-18(21)13-17-8-9-20-19(14-17)15-29(26(20)32)22-10-11-24(30)28-25(22)31/h8-9,14,16,18,21-23,25,27,31H,2-7,10-13,15H2,1H3,(H,28,30)/t16-,18+,21-,22?,23-,25?/m0/s1. The highest BCUT2D eigenvalue weighted by Gasteiger charge is 2.39. The van der Waals surface area contributed by atoms with Crippen molar-refractivity contribution in [3.63, 3.8) is 0 Å². The van der Waals surface area contributed by atoms with Gasteiger partial charge in [0.25, 0.3) is 5.91 Å². The Morgan fingerprint density at radius 3 is 2.82 bits per heavy atom. The Morgan fingerprint density at radius 2 is 2.03 bits per heavy atom. The van der Waals surface area contributed by atoms with E-state index in [0.717, 1.165) is 30.6 Å². The summed E-state index contributed by atoms with van der Waals surface area (Å²) < 4.78 is 5.90. The predicted molar refractivity (Wildman–Crippen MR) is 125 cm³/mol. The number of fused-ring (bicyclic) bond motifs is 1. The number of nitrogens with one attached hydrogen (secondary N) is 2. The molecule has 2 unspecified atom stereocenters. The smallest absolute Gasteiger partial charge is 0.254 e. The van der Waals surface area contributed by atoms with Crippen molar-refractivity contribution in [2.45, 2.75) is 102 Å². The van der Waals surface area contributed by atoms with Crippen LogP contribution in [0.4, 0.5) is 0 Å². The van der Waals surface area contributed by atoms with E-state index in [9.17, 15) is 14.7 Å². The molecule has 2 saturated heterocycles. The highest BCUT2D eigenvalue weighted by Crippen LogP contribution is 2.32. The first kappa shape index (κ1) is 22.8. The van der Waals surface area contributed by atoms with Crippen molar-refractivity contribution in [2.24, 2.45) is 5.92 Å². The Morgan fingerprint density at radius 1 is 1.18 bits per heavy atom. The van der Waals surface area contributed by atoms with Gasteiger partial charge in [0, 0.05) is 37.2 Å². The monoisotopic (exact) mass is 455 g/mol. The summed E-state index contributed by atoms with van der Waals surface area (Å²) >= 11 is 0. The molecule has 4 aliphatic rings. The van der Waals surface area contributed by atoms with Gasteiger partial charge in [-0.3, -0.25) is 9.59 Å². The highest BCUT2D eigenvalue weighted by atomic mass is 16.5. The number of piperidine rings is 1. The fourth-order valence-electron chi connectivity index (χ4n) is 6.30. The molecule has 6 atom stereocenters. The minimum absolute atomic E-state index is 0.0423. The number of hydrogen-bond acceptors (Lipinski definition) is 5. The van der Waals surface area contributed by atoms with Gasteiger partial charge in [-0.15, -0.1) is 0 Å². The summed E-state index contributed by atoms with van der Waals surface area (Å²) in [6.07, 6.45) is 8.51. The molecule has 3 aliphatic heterocycles. The van der Waals surface area contributed by atoms with E-state index in [1.165, 1.54) is 37.7 Å². The molecule has 0 spiro atoms. The molecule has 0 aromatic heterocycles. The molecule has 180 valence electrons. The quantitative estimate of drug-likeness (QED) is 0.613. The average molecular weight is 456 g/mol. The molecule has 7 nitrogen and oxygen atoms in total. The van der Waals surface area contributed by atoms with Crippen LogP contribution in [-0.4, -0.2) is 58.9 Å². The van der Waals surface area contributed by atoms with E-state index < -0.39 is 6.23 Å². The van der Waals surface area contributed by atoms with Gasteiger partial charge in [-0.05, 0) is 68.6 Å². The Balaban J connectivity index is 1.25. The zero-order valence-corrected chi connectivity index (χ0v) is 19.6. The molecule has 1 aromatic rings. The molecule has 3 fully saturated rings. The van der Waals surface area contributed by atoms with Crippen molar-refractivity contribution in [1.29, 1.82) is 0 Å². The molecular weight excluding hydrogens is 418 g/mol. The number of carbonyl (C=O) groups excluding carboxylic acids is 2. The van der Waals surface area contributed by atoms with E-state index in [1.807, 2.05) is 6.07 Å². The normalized spacial score (nSPS) is 33.2. The third kappa shape index (κ3) is 4.81. The van der Waals surface area contributed by atoms with Crippen LogP contribution in [0.25, 0.3) is 0 Å². The van der Waals surface area contributed by atoms with Gasteiger partial charge in [0.05, 0.1) is 12.1 Å². The topological polar surface area (TPSA) is 90.9 Å². The molecule has 7 heteroatoms. The van der Waals surface area contributed by atoms with Crippen LogP contribution in [0.3, 0.4) is 0 Å². The number of carbonyl (C=O) groups is 2. The third-order valence-electron chi connectivity index (χ3n) is 8.15. The zero-order chi connectivity index (χ0) is 22.9. The fourth-order valence-corrected chi connectivity index (χ4v) is 6.30. The lowest BCUT2D eigenvalue weighted by Crippen LogP contribution is -2.55. The zero-order valence-electron chi connectivity index (χ0n) is 19.6. The lowest BCUT2D eigenvalue weighted by Gasteiger charge is -2.36. The van der Waals surface area contributed by atoms with Crippen LogP contribution in [-0.2, 0) is 22.5 Å². The maximum Gasteiger partial charge on any atom is 0.254 e. The van der Waals surface area contributed by atoms with E-state index in [4.69, 9.17) is 4.74 Å². The Hall–Kier alpha value is -1.96. The SMILES string of the molecule is C[C@H](N[C@H]1CCCC[C@@H]1Cc1ccc2c(c1)CN(C1CCC(=O)NC1O)C2=O)[C@@H]1CCCO1. The summed E-state index contributed by atoms with van der Waals surface area (Å²) in [4.78, 5) is 26.3. The van der Waals surface area contributed by atoms with Crippen LogP contribution in [0.2, 0.25) is 0 Å². The lowest BCUT2D eigenvalue weighted by molar-refractivity contribution is -0.129. The Bertz CT molecular complexity index is 884. The number of benzene rings is 1. The molecule has 1 saturated carbocycles. The van der Waals surface area contributed by atoms with Crippen molar-refractivity contribution in [3.8, 4) is 0 Å². The molecule has 1 aromatic carbocycles. The summed E-state index contributed by atoms with van der Waals surface area (Å²) in [5.74, 6) is 0.387. The summed E-state index contributed by atoms with van der Waals surface area (Å²) in [6.45, 7) is 3.65. The lowest BCUT2D eigenvalue weighted by atomic mass is 9.80. The molecule has 33 heavy (non-hydrogen) atoms. The first-order valence-corrected chi connectivity index (χ1v) is 12.8. The molecule has 2 amide bonds. The van der Waals surface area contributed by atoms with Gasteiger partial charge in [-0.25, -0.2) is 0 Å². The summed E-state index contributed by atoms with van der Waals surface area (Å²) in [7, 11) is 0. The van der Waals surface area contributed by atoms with Gasteiger partial charge in [-0.2, -0.15) is 0 Å².